The maximum atomic E-state index is 3.94. The Morgan fingerprint density at radius 2 is 1.55 bits per heavy atom. The summed E-state index contributed by atoms with van der Waals surface area (Å²) >= 11 is 0. The minimum absolute atomic E-state index is 0.753. The van der Waals surface area contributed by atoms with E-state index in [0.29, 0.717) is 0 Å². The molecule has 0 radical (unpaired) electrons. The van der Waals surface area contributed by atoms with Crippen LogP contribution in [-0.4, -0.2) is 12.6 Å². The summed E-state index contributed by atoms with van der Waals surface area (Å²) in [4.78, 5) is 0. The second kappa shape index (κ2) is 5.89. The van der Waals surface area contributed by atoms with Crippen LogP contribution in [0.5, 0.6) is 0 Å². The fourth-order valence-corrected chi connectivity index (χ4v) is 4.04. The molecule has 0 aromatic heterocycles. The van der Waals surface area contributed by atoms with Crippen LogP contribution < -0.4 is 5.32 Å². The molecule has 1 aromatic rings. The lowest BCUT2D eigenvalue weighted by Crippen LogP contribution is -2.41. The van der Waals surface area contributed by atoms with Gasteiger partial charge < -0.3 is 5.32 Å². The molecular weight excluding hydrogens is 242 g/mol. The summed E-state index contributed by atoms with van der Waals surface area (Å²) < 4.78 is 0. The summed E-state index contributed by atoms with van der Waals surface area (Å²) in [6.07, 6.45) is 5.43. The van der Waals surface area contributed by atoms with Gasteiger partial charge in [-0.2, -0.15) is 0 Å². The Bertz CT molecular complexity index is 418. The normalized spacial score (nSPS) is 30.1. The van der Waals surface area contributed by atoms with Crippen LogP contribution >= 0.6 is 0 Å². The van der Waals surface area contributed by atoms with E-state index in [1.165, 1.54) is 32.2 Å². The Balaban J connectivity index is 1.69. The van der Waals surface area contributed by atoms with Crippen molar-refractivity contribution in [3.8, 4) is 0 Å². The van der Waals surface area contributed by atoms with Crippen molar-refractivity contribution < 1.29 is 0 Å². The standard InChI is InChI=1S/C19H29N/c1-13(2)14(3)12-20-19-17-8-9-18(19)11-16-7-5-4-6-15(16)10-17/h4-7,13-14,17-20H,8-12H2,1-3H3. The van der Waals surface area contributed by atoms with Gasteiger partial charge in [-0.25, -0.2) is 0 Å². The number of hydrogen-bond donors (Lipinski definition) is 1. The van der Waals surface area contributed by atoms with Gasteiger partial charge in [-0.05, 0) is 67.0 Å². The zero-order valence-electron chi connectivity index (χ0n) is 13.2. The third-order valence-corrected chi connectivity index (χ3v) is 5.82. The van der Waals surface area contributed by atoms with Crippen LogP contribution in [0.3, 0.4) is 0 Å². The van der Waals surface area contributed by atoms with E-state index in [2.05, 4.69) is 50.4 Å². The van der Waals surface area contributed by atoms with Crippen molar-refractivity contribution in [2.75, 3.05) is 6.54 Å². The number of nitrogens with one attached hydrogen (secondary N) is 1. The molecule has 1 N–H and O–H groups in total. The largest absolute Gasteiger partial charge is 0.313 e. The zero-order chi connectivity index (χ0) is 14.1. The van der Waals surface area contributed by atoms with Gasteiger partial charge in [0.05, 0.1) is 0 Å². The van der Waals surface area contributed by atoms with Crippen LogP contribution in [0.25, 0.3) is 0 Å². The first-order valence-corrected chi connectivity index (χ1v) is 8.45. The molecule has 0 amide bonds. The zero-order valence-corrected chi connectivity index (χ0v) is 13.2. The summed E-state index contributed by atoms with van der Waals surface area (Å²) in [6, 6.07) is 9.87. The molecule has 1 heteroatoms. The monoisotopic (exact) mass is 271 g/mol. The summed E-state index contributed by atoms with van der Waals surface area (Å²) in [5.74, 6) is 3.29. The summed E-state index contributed by atoms with van der Waals surface area (Å²) in [5, 5.41) is 3.94. The van der Waals surface area contributed by atoms with E-state index in [1.807, 2.05) is 0 Å². The molecule has 0 saturated heterocycles. The first kappa shape index (κ1) is 14.1. The lowest BCUT2D eigenvalue weighted by Gasteiger charge is -2.26. The van der Waals surface area contributed by atoms with E-state index >= 15 is 0 Å². The molecule has 1 saturated carbocycles. The minimum Gasteiger partial charge on any atom is -0.313 e. The Labute approximate surface area is 124 Å². The second-order valence-corrected chi connectivity index (χ2v) is 7.43. The molecule has 3 rings (SSSR count). The van der Waals surface area contributed by atoms with Gasteiger partial charge >= 0.3 is 0 Å². The van der Waals surface area contributed by atoms with Crippen molar-refractivity contribution in [2.24, 2.45) is 23.7 Å². The quantitative estimate of drug-likeness (QED) is 0.870. The van der Waals surface area contributed by atoms with E-state index in [9.17, 15) is 0 Å². The third-order valence-electron chi connectivity index (χ3n) is 5.82. The van der Waals surface area contributed by atoms with Gasteiger partial charge in [-0.3, -0.25) is 0 Å². The minimum atomic E-state index is 0.753. The highest BCUT2D eigenvalue weighted by Gasteiger charge is 2.38. The lowest BCUT2D eigenvalue weighted by molar-refractivity contribution is 0.298. The van der Waals surface area contributed by atoms with Crippen molar-refractivity contribution in [2.45, 2.75) is 52.5 Å². The van der Waals surface area contributed by atoms with Gasteiger partial charge in [0.1, 0.15) is 0 Å². The molecule has 110 valence electrons. The van der Waals surface area contributed by atoms with Crippen molar-refractivity contribution in [1.82, 2.24) is 5.32 Å². The molecule has 1 fully saturated rings. The van der Waals surface area contributed by atoms with Gasteiger partial charge in [0, 0.05) is 6.04 Å². The van der Waals surface area contributed by atoms with E-state index in [1.54, 1.807) is 11.1 Å². The van der Waals surface area contributed by atoms with Crippen molar-refractivity contribution in [3.63, 3.8) is 0 Å². The number of benzene rings is 1. The SMILES string of the molecule is CC(C)C(C)CNC1C2CCC1Cc1ccccc1C2. The Morgan fingerprint density at radius 3 is 2.05 bits per heavy atom. The summed E-state index contributed by atoms with van der Waals surface area (Å²) in [7, 11) is 0. The van der Waals surface area contributed by atoms with Crippen LogP contribution in [0.1, 0.15) is 44.7 Å². The lowest BCUT2D eigenvalue weighted by atomic mass is 9.93. The molecule has 2 bridgehead atoms. The van der Waals surface area contributed by atoms with Crippen molar-refractivity contribution in [1.29, 1.82) is 0 Å². The fourth-order valence-electron chi connectivity index (χ4n) is 4.04. The molecule has 1 nitrogen and oxygen atoms in total. The smallest absolute Gasteiger partial charge is 0.0130 e. The number of hydrogen-bond acceptors (Lipinski definition) is 1. The Morgan fingerprint density at radius 1 is 1.00 bits per heavy atom. The Kier molecular flexibility index (Phi) is 4.16. The predicted octanol–water partition coefficient (Wildman–Crippen LogP) is 4.06. The molecule has 1 aromatic carbocycles. The number of fused-ring (bicyclic) bond motifs is 3. The van der Waals surface area contributed by atoms with Gasteiger partial charge in [0.25, 0.3) is 0 Å². The first-order valence-electron chi connectivity index (χ1n) is 8.45. The average molecular weight is 271 g/mol. The van der Waals surface area contributed by atoms with Gasteiger partial charge in [0.2, 0.25) is 0 Å². The molecule has 20 heavy (non-hydrogen) atoms. The topological polar surface area (TPSA) is 12.0 Å². The van der Waals surface area contributed by atoms with Crippen LogP contribution in [0.4, 0.5) is 0 Å². The summed E-state index contributed by atoms with van der Waals surface area (Å²) in [5.41, 5.74) is 3.23. The average Bonchev–Trinajstić information content (AvgIpc) is 2.70. The van der Waals surface area contributed by atoms with Crippen molar-refractivity contribution in [3.05, 3.63) is 35.4 Å². The summed E-state index contributed by atoms with van der Waals surface area (Å²) in [6.45, 7) is 8.24. The van der Waals surface area contributed by atoms with E-state index in [0.717, 1.165) is 29.7 Å². The predicted molar refractivity (Wildman–Crippen MR) is 85.9 cm³/mol. The molecule has 2 aliphatic rings. The maximum absolute atomic E-state index is 3.94. The van der Waals surface area contributed by atoms with Crippen LogP contribution in [0, 0.1) is 23.7 Å². The van der Waals surface area contributed by atoms with Crippen LogP contribution in [0.15, 0.2) is 24.3 Å². The van der Waals surface area contributed by atoms with Gasteiger partial charge in [-0.1, -0.05) is 45.0 Å². The van der Waals surface area contributed by atoms with E-state index < -0.39 is 0 Å². The first-order chi connectivity index (χ1) is 9.65. The molecule has 2 aliphatic carbocycles. The van der Waals surface area contributed by atoms with Gasteiger partial charge in [0.15, 0.2) is 0 Å². The molecule has 0 heterocycles. The number of rotatable bonds is 4. The van der Waals surface area contributed by atoms with Crippen LogP contribution in [-0.2, 0) is 12.8 Å². The third kappa shape index (κ3) is 2.79. The van der Waals surface area contributed by atoms with Gasteiger partial charge in [-0.15, -0.1) is 0 Å². The molecule has 3 atom stereocenters. The van der Waals surface area contributed by atoms with Crippen molar-refractivity contribution >= 4 is 0 Å². The highest BCUT2D eigenvalue weighted by atomic mass is 14.9. The Hall–Kier alpha value is -0.820. The van der Waals surface area contributed by atoms with E-state index in [-0.39, 0.29) is 0 Å². The molecular formula is C19H29N. The fraction of sp³-hybridized carbons (Fsp3) is 0.684. The molecule has 0 aliphatic heterocycles. The molecule has 3 unspecified atom stereocenters. The second-order valence-electron chi connectivity index (χ2n) is 7.43. The maximum Gasteiger partial charge on any atom is 0.0130 e. The van der Waals surface area contributed by atoms with Crippen LogP contribution in [0.2, 0.25) is 0 Å². The molecule has 0 spiro atoms. The highest BCUT2D eigenvalue weighted by molar-refractivity contribution is 5.30. The van der Waals surface area contributed by atoms with E-state index in [4.69, 9.17) is 0 Å². The highest BCUT2D eigenvalue weighted by Crippen LogP contribution is 2.40.